The van der Waals surface area contributed by atoms with Crippen LogP contribution in [0.15, 0.2) is 30.5 Å². The van der Waals surface area contributed by atoms with Gasteiger partial charge in [-0.05, 0) is 53.6 Å². The Hall–Kier alpha value is -2.47. The third kappa shape index (κ3) is 1.92. The Balaban J connectivity index is 2.20. The number of rotatable bonds is 2. The van der Waals surface area contributed by atoms with Crippen LogP contribution in [0.5, 0.6) is 0 Å². The molecule has 92 valence electrons. The molecule has 1 aliphatic rings. The molecule has 0 saturated heterocycles. The van der Waals surface area contributed by atoms with Crippen molar-refractivity contribution in [2.75, 3.05) is 0 Å². The van der Waals surface area contributed by atoms with E-state index < -0.39 is 0 Å². The summed E-state index contributed by atoms with van der Waals surface area (Å²) >= 11 is 0. The van der Waals surface area contributed by atoms with Crippen LogP contribution < -0.4 is 0 Å². The lowest BCUT2D eigenvalue weighted by Gasteiger charge is -2.10. The molecular weight excluding hydrogens is 236 g/mol. The molecule has 1 aromatic carbocycles. The summed E-state index contributed by atoms with van der Waals surface area (Å²) < 4.78 is 0. The molecule has 3 nitrogen and oxygen atoms in total. The van der Waals surface area contributed by atoms with Crippen molar-refractivity contribution in [3.05, 3.63) is 52.8 Å². The Bertz CT molecular complexity index is 698. The molecule has 0 aliphatic heterocycles. The summed E-state index contributed by atoms with van der Waals surface area (Å²) in [5, 5.41) is 8.91. The summed E-state index contributed by atoms with van der Waals surface area (Å²) in [5.74, 6) is 0. The molecular formula is C16H12N2O. The molecule has 3 rings (SSSR count). The van der Waals surface area contributed by atoms with Gasteiger partial charge in [-0.25, -0.2) is 4.98 Å². The van der Waals surface area contributed by atoms with Gasteiger partial charge in [0.15, 0.2) is 6.29 Å². The first-order valence-corrected chi connectivity index (χ1v) is 6.30. The number of fused-ring (bicyclic) bond motifs is 1. The zero-order valence-corrected chi connectivity index (χ0v) is 10.4. The molecule has 3 heteroatoms. The molecule has 0 saturated carbocycles. The topological polar surface area (TPSA) is 53.8 Å². The molecule has 0 fully saturated rings. The van der Waals surface area contributed by atoms with Crippen LogP contribution in [0.2, 0.25) is 0 Å². The van der Waals surface area contributed by atoms with E-state index in [0.29, 0.717) is 5.69 Å². The van der Waals surface area contributed by atoms with Gasteiger partial charge in [-0.3, -0.25) is 4.79 Å². The molecule has 0 N–H and O–H groups in total. The van der Waals surface area contributed by atoms with Crippen LogP contribution in [-0.4, -0.2) is 11.3 Å². The van der Waals surface area contributed by atoms with Gasteiger partial charge in [0.2, 0.25) is 0 Å². The lowest BCUT2D eigenvalue weighted by molar-refractivity contribution is 0.112. The van der Waals surface area contributed by atoms with Crippen LogP contribution in [0.3, 0.4) is 0 Å². The van der Waals surface area contributed by atoms with E-state index in [4.69, 9.17) is 5.26 Å². The number of aldehydes is 1. The van der Waals surface area contributed by atoms with Crippen molar-refractivity contribution < 1.29 is 4.79 Å². The maximum atomic E-state index is 11.4. The van der Waals surface area contributed by atoms with Gasteiger partial charge in [0.05, 0.1) is 0 Å². The van der Waals surface area contributed by atoms with Gasteiger partial charge in [0.1, 0.15) is 11.8 Å². The Morgan fingerprint density at radius 2 is 2.16 bits per heavy atom. The fraction of sp³-hybridized carbons (Fsp3) is 0.188. The molecule has 1 aromatic heterocycles. The fourth-order valence-corrected chi connectivity index (χ4v) is 2.74. The Morgan fingerprint density at radius 3 is 2.95 bits per heavy atom. The number of benzene rings is 1. The van der Waals surface area contributed by atoms with Crippen LogP contribution in [0.1, 0.15) is 33.6 Å². The molecule has 2 aromatic rings. The highest BCUT2D eigenvalue weighted by atomic mass is 16.1. The van der Waals surface area contributed by atoms with Gasteiger partial charge in [-0.15, -0.1) is 0 Å². The van der Waals surface area contributed by atoms with Gasteiger partial charge in [-0.2, -0.15) is 5.26 Å². The first kappa shape index (κ1) is 11.6. The van der Waals surface area contributed by atoms with Gasteiger partial charge >= 0.3 is 0 Å². The fourth-order valence-electron chi connectivity index (χ4n) is 2.74. The second-order valence-corrected chi connectivity index (χ2v) is 4.68. The highest BCUT2D eigenvalue weighted by Crippen LogP contribution is 2.32. The average Bonchev–Trinajstić information content (AvgIpc) is 2.94. The van der Waals surface area contributed by atoms with Crippen molar-refractivity contribution in [2.45, 2.75) is 19.3 Å². The highest BCUT2D eigenvalue weighted by molar-refractivity contribution is 5.90. The average molecular weight is 248 g/mol. The minimum Gasteiger partial charge on any atom is -0.298 e. The third-order valence-electron chi connectivity index (χ3n) is 3.63. The first-order chi connectivity index (χ1) is 9.33. The minimum atomic E-state index is 0.370. The van der Waals surface area contributed by atoms with Crippen molar-refractivity contribution in [1.29, 1.82) is 5.26 Å². The number of nitriles is 1. The molecule has 0 unspecified atom stereocenters. The van der Waals surface area contributed by atoms with Crippen molar-refractivity contribution in [3.8, 4) is 17.2 Å². The largest absolute Gasteiger partial charge is 0.298 e. The number of carbonyl (C=O) groups excluding carboxylic acids is 1. The lowest BCUT2D eigenvalue weighted by atomic mass is 9.94. The molecule has 0 atom stereocenters. The number of aryl methyl sites for hydroxylation is 1. The van der Waals surface area contributed by atoms with Crippen LogP contribution in [0, 0.1) is 11.3 Å². The Kier molecular flexibility index (Phi) is 2.85. The lowest BCUT2D eigenvalue weighted by Crippen LogP contribution is -1.96. The summed E-state index contributed by atoms with van der Waals surface area (Å²) in [4.78, 5) is 15.4. The normalized spacial score (nSPS) is 12.8. The minimum absolute atomic E-state index is 0.370. The predicted molar refractivity (Wildman–Crippen MR) is 71.8 cm³/mol. The molecule has 0 spiro atoms. The Labute approximate surface area is 111 Å². The van der Waals surface area contributed by atoms with Crippen molar-refractivity contribution >= 4 is 6.29 Å². The second kappa shape index (κ2) is 4.66. The van der Waals surface area contributed by atoms with E-state index in [1.165, 1.54) is 11.1 Å². The van der Waals surface area contributed by atoms with Gasteiger partial charge in [-0.1, -0.05) is 12.1 Å². The number of hydrogen-bond donors (Lipinski definition) is 0. The molecule has 0 amide bonds. The van der Waals surface area contributed by atoms with E-state index in [2.05, 4.69) is 11.1 Å². The summed E-state index contributed by atoms with van der Waals surface area (Å²) in [6, 6.07) is 9.66. The van der Waals surface area contributed by atoms with E-state index in [9.17, 15) is 4.79 Å². The highest BCUT2D eigenvalue weighted by Gasteiger charge is 2.18. The number of nitrogens with zero attached hydrogens (tertiary/aromatic N) is 2. The smallest absolute Gasteiger partial charge is 0.150 e. The molecule has 19 heavy (non-hydrogen) atoms. The van der Waals surface area contributed by atoms with Crippen LogP contribution in [-0.2, 0) is 12.8 Å². The summed E-state index contributed by atoms with van der Waals surface area (Å²) in [7, 11) is 0. The van der Waals surface area contributed by atoms with E-state index in [1.54, 1.807) is 12.3 Å². The van der Waals surface area contributed by atoms with Crippen molar-refractivity contribution in [3.63, 3.8) is 0 Å². The van der Waals surface area contributed by atoms with E-state index in [1.807, 2.05) is 18.2 Å². The standard InChI is InChI=1S/C16H12N2O/c17-9-13-8-12(6-7-18-13)15-5-4-11-2-1-3-14(11)16(15)10-19/h4-8,10H,1-3H2. The van der Waals surface area contributed by atoms with Crippen molar-refractivity contribution in [2.24, 2.45) is 0 Å². The van der Waals surface area contributed by atoms with Gasteiger partial charge < -0.3 is 0 Å². The second-order valence-electron chi connectivity index (χ2n) is 4.68. The maximum absolute atomic E-state index is 11.4. The van der Waals surface area contributed by atoms with E-state index >= 15 is 0 Å². The van der Waals surface area contributed by atoms with Gasteiger partial charge in [0.25, 0.3) is 0 Å². The zero-order valence-electron chi connectivity index (χ0n) is 10.4. The third-order valence-corrected chi connectivity index (χ3v) is 3.63. The van der Waals surface area contributed by atoms with Gasteiger partial charge in [0, 0.05) is 11.8 Å². The molecule has 1 aliphatic carbocycles. The van der Waals surface area contributed by atoms with Crippen LogP contribution in [0.4, 0.5) is 0 Å². The first-order valence-electron chi connectivity index (χ1n) is 6.30. The molecule has 0 radical (unpaired) electrons. The molecule has 0 bridgehead atoms. The monoisotopic (exact) mass is 248 g/mol. The summed E-state index contributed by atoms with van der Waals surface area (Å²) in [5.41, 5.74) is 5.36. The zero-order chi connectivity index (χ0) is 13.2. The van der Waals surface area contributed by atoms with E-state index in [-0.39, 0.29) is 0 Å². The van der Waals surface area contributed by atoms with Crippen LogP contribution in [0.25, 0.3) is 11.1 Å². The SMILES string of the molecule is N#Cc1cc(-c2ccc3c(c2C=O)CCC3)ccn1. The van der Waals surface area contributed by atoms with E-state index in [0.717, 1.165) is 42.2 Å². The predicted octanol–water partition coefficient (Wildman–Crippen LogP) is 2.92. The Morgan fingerprint density at radius 1 is 1.26 bits per heavy atom. The molecule has 1 heterocycles. The maximum Gasteiger partial charge on any atom is 0.150 e. The van der Waals surface area contributed by atoms with Crippen molar-refractivity contribution in [1.82, 2.24) is 4.98 Å². The number of carbonyl (C=O) groups is 1. The summed E-state index contributed by atoms with van der Waals surface area (Å²) in [6.45, 7) is 0. The quantitative estimate of drug-likeness (QED) is 0.768. The summed E-state index contributed by atoms with van der Waals surface area (Å²) in [6.07, 6.45) is 5.67. The van der Waals surface area contributed by atoms with Crippen LogP contribution >= 0.6 is 0 Å². The number of pyridine rings is 1. The number of hydrogen-bond acceptors (Lipinski definition) is 3. The number of aromatic nitrogens is 1.